The zero-order valence-corrected chi connectivity index (χ0v) is 10.0. The number of aromatic amines is 1. The number of para-hydroxylation sites is 1. The molecule has 0 spiro atoms. The zero-order valence-electron chi connectivity index (χ0n) is 9.23. The van der Waals surface area contributed by atoms with E-state index >= 15 is 0 Å². The molecule has 0 saturated carbocycles. The number of benzene rings is 1. The van der Waals surface area contributed by atoms with Gasteiger partial charge in [-0.1, -0.05) is 18.2 Å². The van der Waals surface area contributed by atoms with Crippen molar-refractivity contribution in [3.8, 4) is 0 Å². The molecule has 1 aromatic carbocycles. The molecule has 4 N–H and O–H groups in total. The number of hydrogen-bond acceptors (Lipinski definition) is 4. The van der Waals surface area contributed by atoms with Crippen LogP contribution in [0.15, 0.2) is 35.4 Å². The number of thioether (sulfide) groups is 1. The molecule has 2 rings (SSSR count). The number of hydrogen-bond donors (Lipinski definition) is 3. The number of nitrogens with two attached hydrogens (primary N) is 1. The van der Waals surface area contributed by atoms with Crippen molar-refractivity contribution in [2.75, 3.05) is 17.3 Å². The number of nitrogens with zero attached hydrogens (tertiary/aromatic N) is 1. The van der Waals surface area contributed by atoms with E-state index in [0.29, 0.717) is 10.6 Å². The average Bonchev–Trinajstić information content (AvgIpc) is 2.71. The van der Waals surface area contributed by atoms with Gasteiger partial charge in [-0.2, -0.15) is 5.10 Å². The van der Waals surface area contributed by atoms with Gasteiger partial charge in [0.2, 0.25) is 0 Å². The molecule has 0 atom stereocenters. The van der Waals surface area contributed by atoms with Crippen molar-refractivity contribution < 1.29 is 4.79 Å². The molecule has 1 heterocycles. The number of nitrogen functional groups attached to an aromatic ring is 1. The Morgan fingerprint density at radius 1 is 1.41 bits per heavy atom. The van der Waals surface area contributed by atoms with E-state index in [0.717, 1.165) is 5.69 Å². The van der Waals surface area contributed by atoms with E-state index in [2.05, 4.69) is 15.5 Å². The minimum absolute atomic E-state index is 0.258. The largest absolute Gasteiger partial charge is 0.383 e. The third kappa shape index (κ3) is 2.42. The fourth-order valence-electron chi connectivity index (χ4n) is 1.42. The lowest BCUT2D eigenvalue weighted by atomic mass is 10.2. The summed E-state index contributed by atoms with van der Waals surface area (Å²) in [7, 11) is 0. The van der Waals surface area contributed by atoms with Crippen LogP contribution in [0.3, 0.4) is 0 Å². The van der Waals surface area contributed by atoms with Gasteiger partial charge in [-0.15, -0.1) is 11.8 Å². The molecular weight excluding hydrogens is 236 g/mol. The van der Waals surface area contributed by atoms with Crippen molar-refractivity contribution >= 4 is 29.2 Å². The summed E-state index contributed by atoms with van der Waals surface area (Å²) in [6.45, 7) is 0. The van der Waals surface area contributed by atoms with E-state index < -0.39 is 0 Å². The first-order valence-corrected chi connectivity index (χ1v) is 6.19. The van der Waals surface area contributed by atoms with Gasteiger partial charge in [0.05, 0.1) is 0 Å². The second-order valence-electron chi connectivity index (χ2n) is 3.34. The minimum atomic E-state index is -0.258. The fourth-order valence-corrected chi connectivity index (χ4v) is 1.96. The van der Waals surface area contributed by atoms with Gasteiger partial charge in [-0.3, -0.25) is 9.89 Å². The molecule has 6 heteroatoms. The smallest absolute Gasteiger partial charge is 0.262 e. The number of H-pyrrole nitrogens is 1. The fraction of sp³-hybridized carbons (Fsp3) is 0.0909. The molecule has 0 fully saturated rings. The first kappa shape index (κ1) is 11.5. The van der Waals surface area contributed by atoms with E-state index in [-0.39, 0.29) is 11.7 Å². The Kier molecular flexibility index (Phi) is 3.34. The van der Waals surface area contributed by atoms with Crippen LogP contribution in [0.25, 0.3) is 0 Å². The number of rotatable bonds is 3. The van der Waals surface area contributed by atoms with Crippen molar-refractivity contribution in [1.82, 2.24) is 10.2 Å². The van der Waals surface area contributed by atoms with Gasteiger partial charge in [-0.25, -0.2) is 0 Å². The van der Waals surface area contributed by atoms with Crippen molar-refractivity contribution in [3.05, 3.63) is 35.9 Å². The third-order valence-electron chi connectivity index (χ3n) is 2.21. The first-order chi connectivity index (χ1) is 8.22. The van der Waals surface area contributed by atoms with Crippen LogP contribution in [-0.2, 0) is 0 Å². The zero-order chi connectivity index (χ0) is 12.3. The van der Waals surface area contributed by atoms with Crippen LogP contribution in [0.1, 0.15) is 10.4 Å². The van der Waals surface area contributed by atoms with Crippen molar-refractivity contribution in [1.29, 1.82) is 0 Å². The maximum atomic E-state index is 12.0. The molecule has 0 aliphatic rings. The topological polar surface area (TPSA) is 83.8 Å². The van der Waals surface area contributed by atoms with Crippen LogP contribution in [0.5, 0.6) is 0 Å². The molecule has 5 nitrogen and oxygen atoms in total. The molecular formula is C11H12N4OS. The van der Waals surface area contributed by atoms with Crippen molar-refractivity contribution in [2.45, 2.75) is 5.03 Å². The highest BCUT2D eigenvalue weighted by Crippen LogP contribution is 2.23. The second kappa shape index (κ2) is 4.92. The van der Waals surface area contributed by atoms with Gasteiger partial charge < -0.3 is 11.1 Å². The normalized spacial score (nSPS) is 10.2. The van der Waals surface area contributed by atoms with E-state index in [4.69, 9.17) is 5.73 Å². The predicted octanol–water partition coefficient (Wildman–Crippen LogP) is 1.97. The summed E-state index contributed by atoms with van der Waals surface area (Å²) in [6, 6.07) is 9.21. The van der Waals surface area contributed by atoms with Gasteiger partial charge in [0, 0.05) is 5.69 Å². The highest BCUT2D eigenvalue weighted by Gasteiger charge is 2.18. The number of nitrogens with one attached hydrogen (secondary N) is 2. The molecule has 0 saturated heterocycles. The summed E-state index contributed by atoms with van der Waals surface area (Å²) < 4.78 is 0. The molecule has 17 heavy (non-hydrogen) atoms. The van der Waals surface area contributed by atoms with Crippen molar-refractivity contribution in [3.63, 3.8) is 0 Å². The van der Waals surface area contributed by atoms with Gasteiger partial charge >= 0.3 is 0 Å². The summed E-state index contributed by atoms with van der Waals surface area (Å²) >= 11 is 1.37. The summed E-state index contributed by atoms with van der Waals surface area (Å²) in [5, 5.41) is 9.91. The quantitative estimate of drug-likeness (QED) is 0.725. The highest BCUT2D eigenvalue weighted by atomic mass is 32.2. The van der Waals surface area contributed by atoms with Crippen LogP contribution >= 0.6 is 11.8 Å². The first-order valence-electron chi connectivity index (χ1n) is 4.96. The molecule has 2 aromatic rings. The van der Waals surface area contributed by atoms with E-state index in [1.807, 2.05) is 36.6 Å². The van der Waals surface area contributed by atoms with Crippen LogP contribution < -0.4 is 11.1 Å². The molecule has 1 amide bonds. The maximum Gasteiger partial charge on any atom is 0.262 e. The van der Waals surface area contributed by atoms with Gasteiger partial charge in [-0.05, 0) is 18.4 Å². The second-order valence-corrected chi connectivity index (χ2v) is 4.14. The SMILES string of the molecule is CSc1n[nH]c(N)c1C(=O)Nc1ccccc1. The average molecular weight is 248 g/mol. The number of anilines is 2. The molecule has 1 aromatic heterocycles. The molecule has 0 aliphatic heterocycles. The van der Waals surface area contributed by atoms with E-state index in [1.165, 1.54) is 11.8 Å². The Bertz CT molecular complexity index is 524. The molecule has 0 radical (unpaired) electrons. The Hall–Kier alpha value is -1.95. The lowest BCUT2D eigenvalue weighted by Crippen LogP contribution is -2.13. The molecule has 0 aliphatic carbocycles. The highest BCUT2D eigenvalue weighted by molar-refractivity contribution is 7.98. The van der Waals surface area contributed by atoms with E-state index in [9.17, 15) is 4.79 Å². The van der Waals surface area contributed by atoms with Crippen molar-refractivity contribution in [2.24, 2.45) is 0 Å². The number of aromatic nitrogens is 2. The van der Waals surface area contributed by atoms with Gasteiger partial charge in [0.15, 0.2) is 0 Å². The number of carbonyl (C=O) groups excluding carboxylic acids is 1. The number of carbonyl (C=O) groups is 1. The van der Waals surface area contributed by atoms with Gasteiger partial charge in [0.1, 0.15) is 16.4 Å². The van der Waals surface area contributed by atoms with Crippen LogP contribution in [0.4, 0.5) is 11.5 Å². The Labute approximate surface area is 103 Å². The number of amides is 1. The minimum Gasteiger partial charge on any atom is -0.383 e. The Morgan fingerprint density at radius 3 is 2.76 bits per heavy atom. The molecule has 0 bridgehead atoms. The summed E-state index contributed by atoms with van der Waals surface area (Å²) in [4.78, 5) is 12.0. The maximum absolute atomic E-state index is 12.0. The summed E-state index contributed by atoms with van der Waals surface area (Å²) in [5.74, 6) is 0.0228. The summed E-state index contributed by atoms with van der Waals surface area (Å²) in [5.41, 5.74) is 6.80. The Balaban J connectivity index is 2.23. The predicted molar refractivity (Wildman–Crippen MR) is 69.2 cm³/mol. The van der Waals surface area contributed by atoms with Gasteiger partial charge in [0.25, 0.3) is 5.91 Å². The summed E-state index contributed by atoms with van der Waals surface area (Å²) in [6.07, 6.45) is 1.84. The van der Waals surface area contributed by atoms with Crippen LogP contribution in [0.2, 0.25) is 0 Å². The lowest BCUT2D eigenvalue weighted by molar-refractivity contribution is 0.102. The van der Waals surface area contributed by atoms with Crippen LogP contribution in [-0.4, -0.2) is 22.4 Å². The lowest BCUT2D eigenvalue weighted by Gasteiger charge is -2.04. The molecule has 88 valence electrons. The standard InChI is InChI=1S/C11H12N4OS/c1-17-11-8(9(12)14-15-11)10(16)13-7-5-3-2-4-6-7/h2-6H,1H3,(H,13,16)(H3,12,14,15). The third-order valence-corrected chi connectivity index (χ3v) is 2.90. The Morgan fingerprint density at radius 2 is 2.12 bits per heavy atom. The van der Waals surface area contributed by atoms with Crippen LogP contribution in [0, 0.1) is 0 Å². The monoisotopic (exact) mass is 248 g/mol. The van der Waals surface area contributed by atoms with E-state index in [1.54, 1.807) is 0 Å². The molecule has 0 unspecified atom stereocenters.